The number of hydrogen-bond donors (Lipinski definition) is 1. The average Bonchev–Trinajstić information content (AvgIpc) is 2.36. The lowest BCUT2D eigenvalue weighted by Crippen LogP contribution is -2.07. The second-order valence-corrected chi connectivity index (χ2v) is 4.64. The molecular weight excluding hydrogens is 278 g/mol. The topological polar surface area (TPSA) is 88.9 Å². The van der Waals surface area contributed by atoms with Crippen molar-refractivity contribution in [3.8, 4) is 0 Å². The number of halogens is 1. The van der Waals surface area contributed by atoms with Crippen LogP contribution in [0, 0.1) is 10.1 Å². The summed E-state index contributed by atoms with van der Waals surface area (Å²) in [4.78, 5) is 28.2. The molecule has 2 rings (SSSR count). The lowest BCUT2D eigenvalue weighted by molar-refractivity contribution is -0.384. The van der Waals surface area contributed by atoms with E-state index in [1.54, 1.807) is 12.1 Å². The van der Waals surface area contributed by atoms with Crippen LogP contribution in [-0.2, 0) is 0 Å². The Morgan fingerprint density at radius 3 is 2.61 bits per heavy atom. The predicted octanol–water partition coefficient (Wildman–Crippen LogP) is 2.48. The standard InChI is InChI=1S/C10H6ClN3O3S/c11-8-9(15)12-5-13-10(8)18-7-3-1-6(2-4-7)14(16)17/h1-5H,(H,12,13,15). The Balaban J connectivity index is 2.26. The van der Waals surface area contributed by atoms with E-state index in [0.717, 1.165) is 11.8 Å². The number of nitro groups is 1. The van der Waals surface area contributed by atoms with E-state index in [-0.39, 0.29) is 10.7 Å². The first-order valence-corrected chi connectivity index (χ1v) is 5.93. The van der Waals surface area contributed by atoms with E-state index in [0.29, 0.717) is 9.92 Å². The summed E-state index contributed by atoms with van der Waals surface area (Å²) in [6.07, 6.45) is 1.25. The third-order valence-electron chi connectivity index (χ3n) is 2.03. The van der Waals surface area contributed by atoms with Gasteiger partial charge in [-0.1, -0.05) is 23.4 Å². The van der Waals surface area contributed by atoms with E-state index in [9.17, 15) is 14.9 Å². The zero-order valence-corrected chi connectivity index (χ0v) is 10.4. The van der Waals surface area contributed by atoms with E-state index in [2.05, 4.69) is 9.97 Å². The van der Waals surface area contributed by atoms with Gasteiger partial charge in [0.15, 0.2) is 0 Å². The molecule has 1 N–H and O–H groups in total. The Kier molecular flexibility index (Phi) is 3.63. The number of non-ortho nitro benzene ring substituents is 1. The SMILES string of the molecule is O=c1[nH]cnc(Sc2ccc([N+](=O)[O-])cc2)c1Cl. The van der Waals surface area contributed by atoms with Crippen LogP contribution in [0.15, 0.2) is 45.3 Å². The van der Waals surface area contributed by atoms with Gasteiger partial charge in [-0.05, 0) is 12.1 Å². The molecule has 0 unspecified atom stereocenters. The van der Waals surface area contributed by atoms with Gasteiger partial charge in [0.2, 0.25) is 0 Å². The van der Waals surface area contributed by atoms with E-state index in [4.69, 9.17) is 11.6 Å². The molecule has 0 saturated carbocycles. The van der Waals surface area contributed by atoms with Crippen LogP contribution in [0.2, 0.25) is 5.02 Å². The number of nitro benzene ring substituents is 1. The van der Waals surface area contributed by atoms with Crippen LogP contribution in [0.1, 0.15) is 0 Å². The summed E-state index contributed by atoms with van der Waals surface area (Å²) in [6, 6.07) is 5.90. The Morgan fingerprint density at radius 2 is 2.00 bits per heavy atom. The number of H-pyrrole nitrogens is 1. The smallest absolute Gasteiger partial charge is 0.270 e. The normalized spacial score (nSPS) is 10.3. The predicted molar refractivity (Wildman–Crippen MR) is 67.1 cm³/mol. The van der Waals surface area contributed by atoms with Crippen LogP contribution in [0.25, 0.3) is 0 Å². The lowest BCUT2D eigenvalue weighted by atomic mass is 10.3. The van der Waals surface area contributed by atoms with Crippen LogP contribution in [0.5, 0.6) is 0 Å². The van der Waals surface area contributed by atoms with Crippen molar-refractivity contribution >= 4 is 29.1 Å². The van der Waals surface area contributed by atoms with E-state index in [1.165, 1.54) is 18.5 Å². The monoisotopic (exact) mass is 283 g/mol. The number of aromatic amines is 1. The molecule has 0 spiro atoms. The van der Waals surface area contributed by atoms with E-state index >= 15 is 0 Å². The number of nitrogens with one attached hydrogen (secondary N) is 1. The highest BCUT2D eigenvalue weighted by molar-refractivity contribution is 7.99. The van der Waals surface area contributed by atoms with Gasteiger partial charge in [0.1, 0.15) is 10.0 Å². The Labute approximate surface area is 110 Å². The first-order chi connectivity index (χ1) is 8.58. The molecule has 0 fully saturated rings. The third-order valence-corrected chi connectivity index (χ3v) is 3.50. The molecule has 0 atom stereocenters. The van der Waals surface area contributed by atoms with Gasteiger partial charge in [0.05, 0.1) is 11.3 Å². The van der Waals surface area contributed by atoms with Crippen molar-refractivity contribution in [2.24, 2.45) is 0 Å². The number of hydrogen-bond acceptors (Lipinski definition) is 5. The van der Waals surface area contributed by atoms with Gasteiger partial charge < -0.3 is 4.98 Å². The van der Waals surface area contributed by atoms with Crippen molar-refractivity contribution in [1.29, 1.82) is 0 Å². The average molecular weight is 284 g/mol. The number of aromatic nitrogens is 2. The van der Waals surface area contributed by atoms with Crippen molar-refractivity contribution in [1.82, 2.24) is 9.97 Å². The Morgan fingerprint density at radius 1 is 1.33 bits per heavy atom. The quantitative estimate of drug-likeness (QED) is 0.531. The van der Waals surface area contributed by atoms with Gasteiger partial charge in [-0.15, -0.1) is 0 Å². The van der Waals surface area contributed by atoms with Crippen molar-refractivity contribution in [2.75, 3.05) is 0 Å². The first-order valence-electron chi connectivity index (χ1n) is 4.73. The molecule has 6 nitrogen and oxygen atoms in total. The number of rotatable bonds is 3. The highest BCUT2D eigenvalue weighted by Crippen LogP contribution is 2.30. The van der Waals surface area contributed by atoms with Crippen LogP contribution >= 0.6 is 23.4 Å². The molecule has 1 aromatic carbocycles. The van der Waals surface area contributed by atoms with Gasteiger partial charge >= 0.3 is 0 Å². The third kappa shape index (κ3) is 2.69. The molecule has 0 saturated heterocycles. The van der Waals surface area contributed by atoms with Crippen LogP contribution in [-0.4, -0.2) is 14.9 Å². The maximum atomic E-state index is 11.2. The number of benzene rings is 1. The fraction of sp³-hybridized carbons (Fsp3) is 0. The van der Waals surface area contributed by atoms with E-state index < -0.39 is 10.5 Å². The first kappa shape index (κ1) is 12.6. The minimum Gasteiger partial charge on any atom is -0.312 e. The Bertz CT molecular complexity index is 642. The summed E-state index contributed by atoms with van der Waals surface area (Å²) in [5, 5.41) is 10.8. The van der Waals surface area contributed by atoms with Crippen molar-refractivity contribution in [3.63, 3.8) is 0 Å². The fourth-order valence-corrected chi connectivity index (χ4v) is 2.19. The maximum absolute atomic E-state index is 11.2. The summed E-state index contributed by atoms with van der Waals surface area (Å²) in [6.45, 7) is 0. The van der Waals surface area contributed by atoms with Crippen LogP contribution in [0.3, 0.4) is 0 Å². The van der Waals surface area contributed by atoms with Crippen molar-refractivity contribution in [3.05, 3.63) is 56.1 Å². The molecule has 0 radical (unpaired) electrons. The van der Waals surface area contributed by atoms with Gasteiger partial charge in [0.25, 0.3) is 11.2 Å². The van der Waals surface area contributed by atoms with E-state index in [1.807, 2.05) is 0 Å². The second kappa shape index (κ2) is 5.19. The molecule has 0 aliphatic rings. The zero-order chi connectivity index (χ0) is 13.1. The van der Waals surface area contributed by atoms with Crippen LogP contribution in [0.4, 0.5) is 5.69 Å². The van der Waals surface area contributed by atoms with Crippen LogP contribution < -0.4 is 5.56 Å². The molecule has 1 aromatic heterocycles. The summed E-state index contributed by atoms with van der Waals surface area (Å²) in [5.41, 5.74) is -0.416. The second-order valence-electron chi connectivity index (χ2n) is 3.20. The highest BCUT2D eigenvalue weighted by Gasteiger charge is 2.09. The Hall–Kier alpha value is -1.86. The molecule has 0 aliphatic carbocycles. The highest BCUT2D eigenvalue weighted by atomic mass is 35.5. The molecule has 2 aromatic rings. The molecule has 0 bridgehead atoms. The molecule has 0 aliphatic heterocycles. The van der Waals surface area contributed by atoms with Gasteiger partial charge in [0, 0.05) is 17.0 Å². The number of nitrogens with zero attached hydrogens (tertiary/aromatic N) is 2. The molecular formula is C10H6ClN3O3S. The summed E-state index contributed by atoms with van der Waals surface area (Å²) in [5.74, 6) is 0. The molecule has 92 valence electrons. The summed E-state index contributed by atoms with van der Waals surface area (Å²) in [7, 11) is 0. The molecule has 8 heteroatoms. The lowest BCUT2D eigenvalue weighted by Gasteiger charge is -2.01. The largest absolute Gasteiger partial charge is 0.312 e. The summed E-state index contributed by atoms with van der Waals surface area (Å²) < 4.78 is 0. The zero-order valence-electron chi connectivity index (χ0n) is 8.79. The summed E-state index contributed by atoms with van der Waals surface area (Å²) >= 11 is 6.95. The van der Waals surface area contributed by atoms with Gasteiger partial charge in [-0.2, -0.15) is 0 Å². The minimum absolute atomic E-state index is 0.000790. The van der Waals surface area contributed by atoms with Crippen molar-refractivity contribution < 1.29 is 4.92 Å². The molecule has 18 heavy (non-hydrogen) atoms. The van der Waals surface area contributed by atoms with Gasteiger partial charge in [-0.3, -0.25) is 14.9 Å². The molecule has 1 heterocycles. The minimum atomic E-state index is -0.479. The fourth-order valence-electron chi connectivity index (χ4n) is 1.19. The maximum Gasteiger partial charge on any atom is 0.270 e. The van der Waals surface area contributed by atoms with Crippen molar-refractivity contribution in [2.45, 2.75) is 9.92 Å². The molecule has 0 amide bonds. The van der Waals surface area contributed by atoms with Gasteiger partial charge in [-0.25, -0.2) is 4.98 Å².